The molecule has 1 N–H and O–H groups in total. The molecule has 0 aliphatic heterocycles. The summed E-state index contributed by atoms with van der Waals surface area (Å²) in [7, 11) is 0. The maximum absolute atomic E-state index is 11.1. The van der Waals surface area contributed by atoms with E-state index in [1.807, 2.05) is 50.2 Å². The summed E-state index contributed by atoms with van der Waals surface area (Å²) in [5.74, 6) is 0.611. The summed E-state index contributed by atoms with van der Waals surface area (Å²) in [5, 5.41) is 2.87. The molecule has 2 aromatic rings. The van der Waals surface area contributed by atoms with E-state index in [1.165, 1.54) is 6.92 Å². The maximum Gasteiger partial charge on any atom is 0.221 e. The largest absolute Gasteiger partial charge is 0.478 e. The Balaban J connectivity index is 2.25. The number of hydrogen-bond acceptors (Lipinski definition) is 3. The normalized spacial score (nSPS) is 11.8. The molecule has 0 aliphatic rings. The number of aromatic nitrogens is 1. The van der Waals surface area contributed by atoms with Gasteiger partial charge in [-0.05, 0) is 37.1 Å². The molecule has 0 aliphatic carbocycles. The molecule has 1 heterocycles. The van der Waals surface area contributed by atoms with E-state index in [-0.39, 0.29) is 11.9 Å². The highest BCUT2D eigenvalue weighted by molar-refractivity contribution is 5.73. The molecule has 1 amide bonds. The lowest BCUT2D eigenvalue weighted by molar-refractivity contribution is -0.119. The van der Waals surface area contributed by atoms with Crippen molar-refractivity contribution in [3.05, 3.63) is 48.2 Å². The van der Waals surface area contributed by atoms with Crippen LogP contribution in [0.5, 0.6) is 5.88 Å². The van der Waals surface area contributed by atoms with Gasteiger partial charge in [0.05, 0.1) is 12.6 Å². The molecule has 1 aromatic carbocycles. The van der Waals surface area contributed by atoms with Gasteiger partial charge in [-0.25, -0.2) is 4.98 Å². The Morgan fingerprint density at radius 2 is 2.00 bits per heavy atom. The first-order chi connectivity index (χ1) is 10.1. The summed E-state index contributed by atoms with van der Waals surface area (Å²) in [6, 6.07) is 11.9. The predicted octanol–water partition coefficient (Wildman–Crippen LogP) is 3.34. The van der Waals surface area contributed by atoms with E-state index in [1.54, 1.807) is 6.20 Å². The van der Waals surface area contributed by atoms with Gasteiger partial charge in [-0.1, -0.05) is 24.3 Å². The molecular formula is C17H20N2O2. The summed E-state index contributed by atoms with van der Waals surface area (Å²) in [6.45, 7) is 6.01. The summed E-state index contributed by atoms with van der Waals surface area (Å²) in [6.07, 6.45) is 1.72. The fourth-order valence-electron chi connectivity index (χ4n) is 2.20. The lowest BCUT2D eigenvalue weighted by Crippen LogP contribution is -2.23. The van der Waals surface area contributed by atoms with Crippen LogP contribution in [0.4, 0.5) is 0 Å². The first kappa shape index (κ1) is 15.0. The van der Waals surface area contributed by atoms with Crippen molar-refractivity contribution >= 4 is 5.91 Å². The van der Waals surface area contributed by atoms with Gasteiger partial charge in [0, 0.05) is 18.7 Å². The van der Waals surface area contributed by atoms with Gasteiger partial charge in [0.15, 0.2) is 0 Å². The summed E-state index contributed by atoms with van der Waals surface area (Å²) in [5.41, 5.74) is 3.08. The van der Waals surface area contributed by atoms with Gasteiger partial charge in [0.25, 0.3) is 0 Å². The van der Waals surface area contributed by atoms with E-state index < -0.39 is 0 Å². The Morgan fingerprint density at radius 3 is 2.62 bits per heavy atom. The van der Waals surface area contributed by atoms with E-state index in [2.05, 4.69) is 10.3 Å². The van der Waals surface area contributed by atoms with E-state index in [0.717, 1.165) is 16.7 Å². The number of nitrogens with zero attached hydrogens (tertiary/aromatic N) is 1. The Bertz CT molecular complexity index is 608. The minimum absolute atomic E-state index is 0.00295. The Labute approximate surface area is 125 Å². The highest BCUT2D eigenvalue weighted by Gasteiger charge is 2.09. The van der Waals surface area contributed by atoms with E-state index in [9.17, 15) is 4.79 Å². The molecule has 1 aromatic heterocycles. The SMILES string of the molecule is CCOc1ncccc1-c1ccc([C@@H](C)NC(C)=O)cc1. The van der Waals surface area contributed by atoms with Crippen LogP contribution < -0.4 is 10.1 Å². The molecule has 1 atom stereocenters. The van der Waals surface area contributed by atoms with Crippen LogP contribution in [-0.2, 0) is 4.79 Å². The van der Waals surface area contributed by atoms with Crippen molar-refractivity contribution in [3.8, 4) is 17.0 Å². The highest BCUT2D eigenvalue weighted by atomic mass is 16.5. The number of ether oxygens (including phenoxy) is 1. The summed E-state index contributed by atoms with van der Waals surface area (Å²) in [4.78, 5) is 15.4. The van der Waals surface area contributed by atoms with Crippen LogP contribution in [0, 0.1) is 0 Å². The number of pyridine rings is 1. The second kappa shape index (κ2) is 6.88. The first-order valence-electron chi connectivity index (χ1n) is 7.07. The Kier molecular flexibility index (Phi) is 4.93. The number of hydrogen-bond donors (Lipinski definition) is 1. The van der Waals surface area contributed by atoms with Crippen LogP contribution in [0.1, 0.15) is 32.4 Å². The standard InChI is InChI=1S/C17H20N2O2/c1-4-21-17-16(6-5-11-18-17)15-9-7-14(8-10-15)12(2)19-13(3)20/h5-12H,4H2,1-3H3,(H,19,20)/t12-/m1/s1. The van der Waals surface area contributed by atoms with Gasteiger partial charge in [-0.15, -0.1) is 0 Å². The smallest absolute Gasteiger partial charge is 0.221 e. The average Bonchev–Trinajstić information content (AvgIpc) is 2.48. The topological polar surface area (TPSA) is 51.2 Å². The summed E-state index contributed by atoms with van der Waals surface area (Å²) < 4.78 is 5.55. The summed E-state index contributed by atoms with van der Waals surface area (Å²) >= 11 is 0. The minimum Gasteiger partial charge on any atom is -0.478 e. The third-order valence-corrected chi connectivity index (χ3v) is 3.19. The predicted molar refractivity (Wildman–Crippen MR) is 83.1 cm³/mol. The maximum atomic E-state index is 11.1. The van der Waals surface area contributed by atoms with E-state index in [0.29, 0.717) is 12.5 Å². The number of carbonyl (C=O) groups excluding carboxylic acids is 1. The van der Waals surface area contributed by atoms with Crippen LogP contribution in [0.25, 0.3) is 11.1 Å². The van der Waals surface area contributed by atoms with Crippen molar-refractivity contribution in [2.45, 2.75) is 26.8 Å². The lowest BCUT2D eigenvalue weighted by atomic mass is 10.0. The van der Waals surface area contributed by atoms with Gasteiger partial charge < -0.3 is 10.1 Å². The van der Waals surface area contributed by atoms with Gasteiger partial charge in [-0.3, -0.25) is 4.79 Å². The van der Waals surface area contributed by atoms with Crippen molar-refractivity contribution in [1.29, 1.82) is 0 Å². The molecule has 0 spiro atoms. The first-order valence-corrected chi connectivity index (χ1v) is 7.07. The van der Waals surface area contributed by atoms with Crippen LogP contribution in [0.3, 0.4) is 0 Å². The molecule has 110 valence electrons. The zero-order chi connectivity index (χ0) is 15.2. The monoisotopic (exact) mass is 284 g/mol. The van der Waals surface area contributed by atoms with Crippen LogP contribution in [0.15, 0.2) is 42.6 Å². The number of benzene rings is 1. The molecule has 4 heteroatoms. The van der Waals surface area contributed by atoms with Crippen molar-refractivity contribution in [2.24, 2.45) is 0 Å². The molecule has 0 unspecified atom stereocenters. The quantitative estimate of drug-likeness (QED) is 0.916. The molecule has 21 heavy (non-hydrogen) atoms. The zero-order valence-corrected chi connectivity index (χ0v) is 12.6. The minimum atomic E-state index is -0.0301. The zero-order valence-electron chi connectivity index (χ0n) is 12.6. The average molecular weight is 284 g/mol. The molecule has 0 fully saturated rings. The van der Waals surface area contributed by atoms with E-state index in [4.69, 9.17) is 4.74 Å². The number of nitrogens with one attached hydrogen (secondary N) is 1. The molecule has 0 bridgehead atoms. The molecular weight excluding hydrogens is 264 g/mol. The van der Waals surface area contributed by atoms with Crippen molar-refractivity contribution in [1.82, 2.24) is 10.3 Å². The Hall–Kier alpha value is -2.36. The molecule has 2 rings (SSSR count). The highest BCUT2D eigenvalue weighted by Crippen LogP contribution is 2.28. The fourth-order valence-corrected chi connectivity index (χ4v) is 2.20. The number of rotatable bonds is 5. The van der Waals surface area contributed by atoms with Crippen molar-refractivity contribution < 1.29 is 9.53 Å². The van der Waals surface area contributed by atoms with Crippen LogP contribution in [0.2, 0.25) is 0 Å². The molecule has 4 nitrogen and oxygen atoms in total. The Morgan fingerprint density at radius 1 is 1.29 bits per heavy atom. The molecule has 0 radical (unpaired) electrons. The van der Waals surface area contributed by atoms with Gasteiger partial charge in [-0.2, -0.15) is 0 Å². The molecule has 0 saturated carbocycles. The van der Waals surface area contributed by atoms with Crippen molar-refractivity contribution in [2.75, 3.05) is 6.61 Å². The second-order valence-corrected chi connectivity index (χ2v) is 4.83. The molecule has 0 saturated heterocycles. The van der Waals surface area contributed by atoms with Gasteiger partial charge in [0.2, 0.25) is 11.8 Å². The van der Waals surface area contributed by atoms with Crippen LogP contribution in [-0.4, -0.2) is 17.5 Å². The number of amides is 1. The third-order valence-electron chi connectivity index (χ3n) is 3.19. The third kappa shape index (κ3) is 3.81. The lowest BCUT2D eigenvalue weighted by Gasteiger charge is -2.14. The number of carbonyl (C=O) groups is 1. The van der Waals surface area contributed by atoms with Gasteiger partial charge in [0.1, 0.15) is 0 Å². The van der Waals surface area contributed by atoms with E-state index >= 15 is 0 Å². The second-order valence-electron chi connectivity index (χ2n) is 4.83. The van der Waals surface area contributed by atoms with Crippen LogP contribution >= 0.6 is 0 Å². The fraction of sp³-hybridized carbons (Fsp3) is 0.294. The van der Waals surface area contributed by atoms with Gasteiger partial charge >= 0.3 is 0 Å². The van der Waals surface area contributed by atoms with Crippen molar-refractivity contribution in [3.63, 3.8) is 0 Å².